The zero-order valence-electron chi connectivity index (χ0n) is 11.7. The summed E-state index contributed by atoms with van der Waals surface area (Å²) in [4.78, 5) is 11.8. The van der Waals surface area contributed by atoms with Crippen molar-refractivity contribution < 1.29 is 19.8 Å². The van der Waals surface area contributed by atoms with Gasteiger partial charge in [-0.05, 0) is 27.2 Å². The number of carbonyl (C=O) groups is 1. The standard InChI is InChI=1S/C12H21N3O4/c1-12(2,3)19-11(17)15(18)10(5-6-16)9-7-13-14(4)8-9/h7-8,10,16,18H,5-6H2,1-4H3/t10-/m0/s1. The molecule has 19 heavy (non-hydrogen) atoms. The maximum Gasteiger partial charge on any atom is 0.434 e. The highest BCUT2D eigenvalue weighted by molar-refractivity contribution is 5.67. The van der Waals surface area contributed by atoms with Crippen molar-refractivity contribution in [3.8, 4) is 0 Å². The highest BCUT2D eigenvalue weighted by atomic mass is 16.6. The molecule has 1 aromatic heterocycles. The molecule has 1 amide bonds. The summed E-state index contributed by atoms with van der Waals surface area (Å²) in [6.07, 6.45) is 2.55. The maximum atomic E-state index is 11.8. The van der Waals surface area contributed by atoms with Gasteiger partial charge in [0.25, 0.3) is 0 Å². The number of carbonyl (C=O) groups excluding carboxylic acids is 1. The molecule has 1 rings (SSSR count). The van der Waals surface area contributed by atoms with Crippen LogP contribution < -0.4 is 0 Å². The minimum absolute atomic E-state index is 0.167. The maximum absolute atomic E-state index is 11.8. The molecule has 1 atom stereocenters. The lowest BCUT2D eigenvalue weighted by molar-refractivity contribution is -0.125. The fourth-order valence-corrected chi connectivity index (χ4v) is 1.60. The van der Waals surface area contributed by atoms with E-state index in [0.29, 0.717) is 10.6 Å². The van der Waals surface area contributed by atoms with Crippen LogP contribution in [0.2, 0.25) is 0 Å². The summed E-state index contributed by atoms with van der Waals surface area (Å²) in [5, 5.41) is 23.5. The highest BCUT2D eigenvalue weighted by Gasteiger charge is 2.28. The Bertz CT molecular complexity index is 425. The van der Waals surface area contributed by atoms with Crippen molar-refractivity contribution in [3.63, 3.8) is 0 Å². The number of aliphatic hydroxyl groups is 1. The Hall–Kier alpha value is -1.60. The van der Waals surface area contributed by atoms with Gasteiger partial charge >= 0.3 is 6.09 Å². The normalized spacial score (nSPS) is 13.2. The molecule has 0 saturated heterocycles. The summed E-state index contributed by atoms with van der Waals surface area (Å²) in [5.74, 6) is 0. The van der Waals surface area contributed by atoms with Gasteiger partial charge in [-0.3, -0.25) is 9.89 Å². The average Bonchev–Trinajstić information content (AvgIpc) is 2.69. The van der Waals surface area contributed by atoms with Gasteiger partial charge in [-0.1, -0.05) is 0 Å². The number of rotatable bonds is 4. The van der Waals surface area contributed by atoms with Crippen molar-refractivity contribution >= 4 is 6.09 Å². The van der Waals surface area contributed by atoms with Crippen LogP contribution in [0.15, 0.2) is 12.4 Å². The number of hydroxylamine groups is 2. The molecule has 0 aliphatic heterocycles. The third kappa shape index (κ3) is 4.53. The van der Waals surface area contributed by atoms with E-state index in [1.165, 1.54) is 6.20 Å². The molecule has 7 heteroatoms. The largest absolute Gasteiger partial charge is 0.442 e. The van der Waals surface area contributed by atoms with Crippen LogP contribution in [-0.2, 0) is 11.8 Å². The molecule has 7 nitrogen and oxygen atoms in total. The van der Waals surface area contributed by atoms with Crippen molar-refractivity contribution in [3.05, 3.63) is 18.0 Å². The topological polar surface area (TPSA) is 87.8 Å². The zero-order valence-corrected chi connectivity index (χ0v) is 11.7. The van der Waals surface area contributed by atoms with E-state index in [4.69, 9.17) is 9.84 Å². The fourth-order valence-electron chi connectivity index (χ4n) is 1.60. The number of nitrogens with zero attached hydrogens (tertiary/aromatic N) is 3. The van der Waals surface area contributed by atoms with E-state index >= 15 is 0 Å². The van der Waals surface area contributed by atoms with Crippen LogP contribution >= 0.6 is 0 Å². The second-order valence-corrected chi connectivity index (χ2v) is 5.30. The summed E-state index contributed by atoms with van der Waals surface area (Å²) in [6.45, 7) is 4.97. The van der Waals surface area contributed by atoms with Gasteiger partial charge in [-0.25, -0.2) is 4.79 Å². The summed E-state index contributed by atoms with van der Waals surface area (Å²) in [7, 11) is 1.73. The number of amides is 1. The number of hydrogen-bond acceptors (Lipinski definition) is 5. The van der Waals surface area contributed by atoms with Crippen molar-refractivity contribution in [2.75, 3.05) is 6.61 Å². The number of aryl methyl sites for hydroxylation is 1. The monoisotopic (exact) mass is 271 g/mol. The van der Waals surface area contributed by atoms with Crippen molar-refractivity contribution in [2.24, 2.45) is 7.05 Å². The van der Waals surface area contributed by atoms with Gasteiger partial charge < -0.3 is 9.84 Å². The van der Waals surface area contributed by atoms with Crippen LogP contribution in [0.1, 0.15) is 38.8 Å². The lowest BCUT2D eigenvalue weighted by Crippen LogP contribution is -2.37. The first-order valence-corrected chi connectivity index (χ1v) is 6.05. The Morgan fingerprint density at radius 1 is 1.58 bits per heavy atom. The Kier molecular flexibility index (Phi) is 4.90. The van der Waals surface area contributed by atoms with Crippen LogP contribution in [0.25, 0.3) is 0 Å². The molecule has 0 aliphatic carbocycles. The van der Waals surface area contributed by atoms with Crippen molar-refractivity contribution in [1.29, 1.82) is 0 Å². The predicted octanol–water partition coefficient (Wildman–Crippen LogP) is 1.47. The van der Waals surface area contributed by atoms with Crippen LogP contribution in [0.3, 0.4) is 0 Å². The Labute approximate surface area is 112 Å². The summed E-state index contributed by atoms with van der Waals surface area (Å²) in [6, 6.07) is -0.687. The summed E-state index contributed by atoms with van der Waals surface area (Å²) >= 11 is 0. The molecule has 0 spiro atoms. The molecule has 0 unspecified atom stereocenters. The minimum atomic E-state index is -0.852. The molecule has 0 saturated carbocycles. The molecule has 0 radical (unpaired) electrons. The first-order chi connectivity index (χ1) is 8.74. The van der Waals surface area contributed by atoms with Crippen LogP contribution in [-0.4, -0.2) is 43.5 Å². The molecule has 0 bridgehead atoms. The summed E-state index contributed by atoms with van der Waals surface area (Å²) < 4.78 is 6.64. The van der Waals surface area contributed by atoms with Gasteiger partial charge in [0.15, 0.2) is 0 Å². The summed E-state index contributed by atoms with van der Waals surface area (Å²) in [5.41, 5.74) is -0.0681. The first-order valence-electron chi connectivity index (χ1n) is 6.05. The van der Waals surface area contributed by atoms with Crippen molar-refractivity contribution in [1.82, 2.24) is 14.8 Å². The molecular formula is C12H21N3O4. The molecule has 0 fully saturated rings. The number of aliphatic hydroxyl groups excluding tert-OH is 1. The van der Waals surface area contributed by atoms with Gasteiger partial charge in [0.2, 0.25) is 0 Å². The van der Waals surface area contributed by atoms with E-state index in [2.05, 4.69) is 5.10 Å². The van der Waals surface area contributed by atoms with E-state index in [0.717, 1.165) is 0 Å². The predicted molar refractivity (Wildman–Crippen MR) is 67.5 cm³/mol. The molecular weight excluding hydrogens is 250 g/mol. The molecule has 0 aliphatic rings. The van der Waals surface area contributed by atoms with Crippen LogP contribution in [0.4, 0.5) is 4.79 Å². The lowest BCUT2D eigenvalue weighted by Gasteiger charge is -2.28. The highest BCUT2D eigenvalue weighted by Crippen LogP contribution is 2.24. The van der Waals surface area contributed by atoms with Gasteiger partial charge in [0.1, 0.15) is 5.60 Å². The fraction of sp³-hybridized carbons (Fsp3) is 0.667. The van der Waals surface area contributed by atoms with Gasteiger partial charge in [0, 0.05) is 25.4 Å². The Morgan fingerprint density at radius 2 is 2.21 bits per heavy atom. The van der Waals surface area contributed by atoms with E-state index < -0.39 is 17.7 Å². The third-order valence-electron chi connectivity index (χ3n) is 2.39. The minimum Gasteiger partial charge on any atom is -0.442 e. The lowest BCUT2D eigenvalue weighted by atomic mass is 10.1. The quantitative estimate of drug-likeness (QED) is 0.639. The SMILES string of the molecule is Cn1cc([C@H](CCO)N(O)C(=O)OC(C)(C)C)cn1. The Balaban J connectivity index is 2.84. The van der Waals surface area contributed by atoms with E-state index in [-0.39, 0.29) is 13.0 Å². The first kappa shape index (κ1) is 15.5. The van der Waals surface area contributed by atoms with Crippen LogP contribution in [0.5, 0.6) is 0 Å². The molecule has 108 valence electrons. The molecule has 1 aromatic rings. The molecule has 1 heterocycles. The van der Waals surface area contributed by atoms with Gasteiger partial charge in [-0.2, -0.15) is 10.2 Å². The van der Waals surface area contributed by atoms with E-state index in [9.17, 15) is 10.0 Å². The number of hydrogen-bond donors (Lipinski definition) is 2. The second-order valence-electron chi connectivity index (χ2n) is 5.30. The third-order valence-corrected chi connectivity index (χ3v) is 2.39. The zero-order chi connectivity index (χ0) is 14.6. The Morgan fingerprint density at radius 3 is 2.63 bits per heavy atom. The van der Waals surface area contributed by atoms with Crippen molar-refractivity contribution in [2.45, 2.75) is 38.8 Å². The molecule has 2 N–H and O–H groups in total. The smallest absolute Gasteiger partial charge is 0.434 e. The number of aromatic nitrogens is 2. The average molecular weight is 271 g/mol. The van der Waals surface area contributed by atoms with Crippen LogP contribution in [0, 0.1) is 0 Å². The molecule has 0 aromatic carbocycles. The van der Waals surface area contributed by atoms with Gasteiger partial charge in [0.05, 0.1) is 12.2 Å². The second kappa shape index (κ2) is 6.03. The van der Waals surface area contributed by atoms with E-state index in [1.807, 2.05) is 0 Å². The van der Waals surface area contributed by atoms with Gasteiger partial charge in [-0.15, -0.1) is 0 Å². The van der Waals surface area contributed by atoms with E-state index in [1.54, 1.807) is 38.7 Å². The number of ether oxygens (including phenoxy) is 1.